The summed E-state index contributed by atoms with van der Waals surface area (Å²) in [4.78, 5) is 15.8. The predicted octanol–water partition coefficient (Wildman–Crippen LogP) is 4.13. The number of guanidine groups is 1. The Bertz CT molecular complexity index is 1390. The molecule has 188 valence electrons. The number of aliphatic carboxylic acids is 1. The van der Waals surface area contributed by atoms with Crippen LogP contribution in [-0.2, 0) is 14.8 Å². The van der Waals surface area contributed by atoms with Gasteiger partial charge in [-0.3, -0.25) is 14.5 Å². The van der Waals surface area contributed by atoms with Crippen LogP contribution in [-0.4, -0.2) is 38.5 Å². The largest absolute Gasteiger partial charge is 0.481 e. The zero-order valence-electron chi connectivity index (χ0n) is 19.0. The van der Waals surface area contributed by atoms with E-state index in [2.05, 4.69) is 20.3 Å². The second kappa shape index (κ2) is 10.7. The molecule has 0 aromatic heterocycles. The molecule has 0 spiro atoms. The number of anilines is 2. The molecule has 1 aliphatic rings. The number of benzene rings is 3. The third kappa shape index (κ3) is 6.36. The lowest BCUT2D eigenvalue weighted by molar-refractivity contribution is -0.137. The zero-order valence-corrected chi connectivity index (χ0v) is 19.9. The van der Waals surface area contributed by atoms with Gasteiger partial charge in [-0.25, -0.2) is 17.2 Å². The van der Waals surface area contributed by atoms with E-state index in [9.17, 15) is 27.1 Å². The second-order valence-electron chi connectivity index (χ2n) is 8.25. The van der Waals surface area contributed by atoms with E-state index >= 15 is 0 Å². The molecule has 0 aliphatic carbocycles. The third-order valence-corrected chi connectivity index (χ3v) is 6.89. The molecule has 0 saturated heterocycles. The molecule has 0 radical (unpaired) electrons. The van der Waals surface area contributed by atoms with Crippen LogP contribution in [0.15, 0.2) is 76.6 Å². The summed E-state index contributed by atoms with van der Waals surface area (Å²) in [7, 11) is -4.01. The van der Waals surface area contributed by atoms with Crippen molar-refractivity contribution in [1.29, 1.82) is 0 Å². The molecule has 0 bridgehead atoms. The van der Waals surface area contributed by atoms with Crippen LogP contribution >= 0.6 is 0 Å². The second-order valence-corrected chi connectivity index (χ2v) is 9.93. The summed E-state index contributed by atoms with van der Waals surface area (Å²) in [5, 5.41) is 15.5. The molecule has 0 amide bonds. The average Bonchev–Trinajstić information content (AvgIpc) is 2.82. The zero-order chi connectivity index (χ0) is 25.7. The molecule has 3 aromatic carbocycles. The molecule has 3 aromatic rings. The van der Waals surface area contributed by atoms with Gasteiger partial charge in [0.2, 0.25) is 0 Å². The Morgan fingerprint density at radius 1 is 1.00 bits per heavy atom. The average molecular weight is 515 g/mol. The standard InChI is InChI=1S/C25H24F2N4O4S/c26-18-10-17(11-19(27)13-18)23(15-24(32)33)16-4-1-6-21(12-16)31-36(34,35)22-7-2-5-20(14-22)30-25-28-8-3-9-29-25/h1-2,4-7,10-14,23,31H,3,8-9,15H2,(H,32,33)(H2,28,29,30). The first-order valence-corrected chi connectivity index (χ1v) is 12.6. The highest BCUT2D eigenvalue weighted by Gasteiger charge is 2.21. The highest BCUT2D eigenvalue weighted by Crippen LogP contribution is 2.31. The number of carbonyl (C=O) groups is 1. The number of carboxylic acids is 1. The molecule has 1 atom stereocenters. The Balaban J connectivity index is 1.59. The molecule has 4 rings (SSSR count). The van der Waals surface area contributed by atoms with Crippen molar-refractivity contribution in [3.63, 3.8) is 0 Å². The Hall–Kier alpha value is -3.99. The van der Waals surface area contributed by atoms with Gasteiger partial charge in [0.15, 0.2) is 5.96 Å². The summed E-state index contributed by atoms with van der Waals surface area (Å²) < 4.78 is 56.3. The fraction of sp³-hybridized carbons (Fsp3) is 0.200. The van der Waals surface area contributed by atoms with Crippen molar-refractivity contribution in [2.24, 2.45) is 4.99 Å². The van der Waals surface area contributed by atoms with E-state index in [1.807, 2.05) is 0 Å². The number of sulfonamides is 1. The smallest absolute Gasteiger partial charge is 0.304 e. The van der Waals surface area contributed by atoms with E-state index in [0.717, 1.165) is 25.1 Å². The molecule has 4 N–H and O–H groups in total. The van der Waals surface area contributed by atoms with Crippen LogP contribution in [0.3, 0.4) is 0 Å². The predicted molar refractivity (Wildman–Crippen MR) is 133 cm³/mol. The summed E-state index contributed by atoms with van der Waals surface area (Å²) in [6.07, 6.45) is 0.481. The maximum absolute atomic E-state index is 13.8. The Morgan fingerprint density at radius 2 is 1.72 bits per heavy atom. The summed E-state index contributed by atoms with van der Waals surface area (Å²) in [5.41, 5.74) is 1.23. The fourth-order valence-corrected chi connectivity index (χ4v) is 5.00. The van der Waals surface area contributed by atoms with Crippen molar-refractivity contribution in [2.75, 3.05) is 23.1 Å². The molecule has 36 heavy (non-hydrogen) atoms. The van der Waals surface area contributed by atoms with Crippen molar-refractivity contribution < 1.29 is 27.1 Å². The maximum Gasteiger partial charge on any atom is 0.304 e. The number of aliphatic imine (C=N–C) groups is 1. The number of halogens is 2. The van der Waals surface area contributed by atoms with Crippen LogP contribution < -0.4 is 15.4 Å². The first kappa shape index (κ1) is 25.1. The Morgan fingerprint density at radius 3 is 2.42 bits per heavy atom. The molecule has 1 heterocycles. The lowest BCUT2D eigenvalue weighted by Crippen LogP contribution is -2.35. The summed E-state index contributed by atoms with van der Waals surface area (Å²) >= 11 is 0. The van der Waals surface area contributed by atoms with Gasteiger partial charge >= 0.3 is 5.97 Å². The lowest BCUT2D eigenvalue weighted by atomic mass is 9.88. The monoisotopic (exact) mass is 514 g/mol. The molecular formula is C25H24F2N4O4S. The number of rotatable bonds is 8. The number of carboxylic acid groups (broad SMARTS) is 1. The van der Waals surface area contributed by atoms with Gasteiger partial charge in [-0.1, -0.05) is 18.2 Å². The normalized spacial score (nSPS) is 14.3. The van der Waals surface area contributed by atoms with Crippen molar-refractivity contribution >= 4 is 33.3 Å². The first-order valence-electron chi connectivity index (χ1n) is 11.2. The van der Waals surface area contributed by atoms with Crippen molar-refractivity contribution in [1.82, 2.24) is 5.32 Å². The lowest BCUT2D eigenvalue weighted by Gasteiger charge is -2.18. The SMILES string of the molecule is O=C(O)CC(c1cc(F)cc(F)c1)c1cccc(NS(=O)(=O)c2cccc(NC3=NCCCN3)c2)c1. The van der Waals surface area contributed by atoms with Gasteiger partial charge in [0.25, 0.3) is 10.0 Å². The van der Waals surface area contributed by atoms with E-state index in [4.69, 9.17) is 0 Å². The minimum Gasteiger partial charge on any atom is -0.481 e. The summed E-state index contributed by atoms with van der Waals surface area (Å²) in [5.74, 6) is -3.17. The summed E-state index contributed by atoms with van der Waals surface area (Å²) in [6.45, 7) is 1.45. The van der Waals surface area contributed by atoms with E-state index in [1.165, 1.54) is 24.3 Å². The van der Waals surface area contributed by atoms with Gasteiger partial charge in [0.1, 0.15) is 11.6 Å². The van der Waals surface area contributed by atoms with E-state index < -0.39 is 40.0 Å². The number of nitrogens with one attached hydrogen (secondary N) is 3. The minimum atomic E-state index is -4.01. The Kier molecular flexibility index (Phi) is 7.49. The van der Waals surface area contributed by atoms with E-state index in [1.54, 1.807) is 24.3 Å². The number of hydrogen-bond donors (Lipinski definition) is 4. The molecule has 1 aliphatic heterocycles. The van der Waals surface area contributed by atoms with Gasteiger partial charge in [-0.15, -0.1) is 0 Å². The van der Waals surface area contributed by atoms with Gasteiger partial charge in [0, 0.05) is 36.4 Å². The molecule has 11 heteroatoms. The van der Waals surface area contributed by atoms with Crippen molar-refractivity contribution in [3.8, 4) is 0 Å². The van der Waals surface area contributed by atoms with Crippen molar-refractivity contribution in [2.45, 2.75) is 23.7 Å². The molecule has 0 saturated carbocycles. The third-order valence-electron chi connectivity index (χ3n) is 5.51. The molecule has 8 nitrogen and oxygen atoms in total. The van der Waals surface area contributed by atoms with Crippen LogP contribution in [0.25, 0.3) is 0 Å². The number of nitrogens with zero attached hydrogens (tertiary/aromatic N) is 1. The molecule has 0 fully saturated rings. The van der Waals surface area contributed by atoms with Crippen LogP contribution in [0.5, 0.6) is 0 Å². The van der Waals surface area contributed by atoms with E-state index in [0.29, 0.717) is 29.8 Å². The molecule has 1 unspecified atom stereocenters. The topological polar surface area (TPSA) is 120 Å². The van der Waals surface area contributed by atoms with Gasteiger partial charge in [-0.05, 0) is 60.0 Å². The van der Waals surface area contributed by atoms with Crippen LogP contribution in [0.2, 0.25) is 0 Å². The van der Waals surface area contributed by atoms with E-state index in [-0.39, 0.29) is 16.1 Å². The first-order chi connectivity index (χ1) is 17.2. The highest BCUT2D eigenvalue weighted by molar-refractivity contribution is 7.92. The van der Waals surface area contributed by atoms with Crippen LogP contribution in [0, 0.1) is 11.6 Å². The highest BCUT2D eigenvalue weighted by atomic mass is 32.2. The quantitative estimate of drug-likeness (QED) is 0.359. The fourth-order valence-electron chi connectivity index (χ4n) is 3.91. The summed E-state index contributed by atoms with van der Waals surface area (Å²) in [6, 6.07) is 15.1. The van der Waals surface area contributed by atoms with Crippen LogP contribution in [0.4, 0.5) is 20.2 Å². The van der Waals surface area contributed by atoms with Gasteiger partial charge in [-0.2, -0.15) is 0 Å². The Labute approximate surface area is 207 Å². The van der Waals surface area contributed by atoms with Gasteiger partial charge < -0.3 is 15.7 Å². The molecular weight excluding hydrogens is 490 g/mol. The maximum atomic E-state index is 13.8. The minimum absolute atomic E-state index is 0.00333. The van der Waals surface area contributed by atoms with Crippen LogP contribution in [0.1, 0.15) is 29.9 Å². The number of hydrogen-bond acceptors (Lipinski definition) is 6. The van der Waals surface area contributed by atoms with Gasteiger partial charge in [0.05, 0.1) is 11.3 Å². The van der Waals surface area contributed by atoms with Crippen molar-refractivity contribution in [3.05, 3.63) is 89.5 Å².